The summed E-state index contributed by atoms with van der Waals surface area (Å²) in [6, 6.07) is -0.286. The van der Waals surface area contributed by atoms with Crippen molar-refractivity contribution < 1.29 is 9.90 Å². The minimum absolute atomic E-state index is 0.276. The average molecular weight is 197 g/mol. The summed E-state index contributed by atoms with van der Waals surface area (Å²) in [7, 11) is 0. The van der Waals surface area contributed by atoms with E-state index in [1.807, 2.05) is 25.7 Å². The lowest BCUT2D eigenvalue weighted by molar-refractivity contribution is -0.143. The number of carbonyl (C=O) groups is 1. The fraction of sp³-hybridized carbons (Fsp3) is 0.727. The lowest BCUT2D eigenvalue weighted by Gasteiger charge is -2.21. The van der Waals surface area contributed by atoms with Gasteiger partial charge in [-0.15, -0.1) is 0 Å². The first-order chi connectivity index (χ1) is 6.52. The number of aliphatic carboxylic acids is 1. The largest absolute Gasteiger partial charge is 0.480 e. The van der Waals surface area contributed by atoms with E-state index in [0.29, 0.717) is 0 Å². The van der Waals surface area contributed by atoms with Crippen LogP contribution in [0.1, 0.15) is 27.2 Å². The summed E-state index contributed by atoms with van der Waals surface area (Å²) < 4.78 is 0. The van der Waals surface area contributed by atoms with Gasteiger partial charge in [0.05, 0.1) is 0 Å². The summed E-state index contributed by atoms with van der Waals surface area (Å²) in [6.45, 7) is 7.76. The Balaban J connectivity index is 2.60. The number of allylic oxidation sites excluding steroid dienone is 1. The first kappa shape index (κ1) is 11.2. The molecule has 1 N–H and O–H groups in total. The van der Waals surface area contributed by atoms with E-state index in [0.717, 1.165) is 19.5 Å². The molecule has 80 valence electrons. The molecule has 1 saturated heterocycles. The van der Waals surface area contributed by atoms with Crippen LogP contribution in [0.4, 0.5) is 0 Å². The van der Waals surface area contributed by atoms with E-state index in [1.54, 1.807) is 0 Å². The zero-order valence-corrected chi connectivity index (χ0v) is 9.16. The zero-order valence-electron chi connectivity index (χ0n) is 9.16. The van der Waals surface area contributed by atoms with E-state index >= 15 is 0 Å². The highest BCUT2D eigenvalue weighted by Gasteiger charge is 2.35. The molecule has 0 aliphatic carbocycles. The van der Waals surface area contributed by atoms with Gasteiger partial charge in [-0.25, -0.2) is 0 Å². The van der Waals surface area contributed by atoms with Crippen LogP contribution in [0, 0.1) is 5.92 Å². The summed E-state index contributed by atoms with van der Waals surface area (Å²) in [6.07, 6.45) is 3.08. The van der Waals surface area contributed by atoms with Crippen molar-refractivity contribution in [2.24, 2.45) is 5.92 Å². The van der Waals surface area contributed by atoms with Crippen LogP contribution in [0.2, 0.25) is 0 Å². The molecule has 3 heteroatoms. The molecule has 2 unspecified atom stereocenters. The van der Waals surface area contributed by atoms with Gasteiger partial charge in [-0.1, -0.05) is 18.6 Å². The van der Waals surface area contributed by atoms with Crippen molar-refractivity contribution in [2.45, 2.75) is 33.2 Å². The fourth-order valence-corrected chi connectivity index (χ4v) is 1.93. The van der Waals surface area contributed by atoms with Crippen molar-refractivity contribution in [2.75, 3.05) is 13.1 Å². The number of likely N-dealkylation sites (tertiary alicyclic amines) is 1. The molecule has 1 aliphatic rings. The van der Waals surface area contributed by atoms with Crippen LogP contribution in [0.15, 0.2) is 11.6 Å². The molecule has 0 amide bonds. The maximum Gasteiger partial charge on any atom is 0.321 e. The number of carboxylic acid groups (broad SMARTS) is 1. The number of carboxylic acids is 1. The second kappa shape index (κ2) is 4.60. The van der Waals surface area contributed by atoms with E-state index in [4.69, 9.17) is 5.11 Å². The molecular weight excluding hydrogens is 178 g/mol. The van der Waals surface area contributed by atoms with Gasteiger partial charge in [0.1, 0.15) is 6.04 Å². The molecule has 1 heterocycles. The van der Waals surface area contributed by atoms with Crippen LogP contribution in [-0.4, -0.2) is 35.1 Å². The molecule has 2 atom stereocenters. The molecule has 0 saturated carbocycles. The Morgan fingerprint density at radius 1 is 1.57 bits per heavy atom. The minimum Gasteiger partial charge on any atom is -0.480 e. The van der Waals surface area contributed by atoms with Crippen LogP contribution >= 0.6 is 0 Å². The Hall–Kier alpha value is -0.830. The molecular formula is C11H19NO2. The predicted octanol–water partition coefficient (Wildman–Crippen LogP) is 1.75. The van der Waals surface area contributed by atoms with Gasteiger partial charge < -0.3 is 5.11 Å². The second-order valence-corrected chi connectivity index (χ2v) is 4.33. The van der Waals surface area contributed by atoms with E-state index < -0.39 is 5.97 Å². The van der Waals surface area contributed by atoms with Crippen molar-refractivity contribution in [3.05, 3.63) is 11.6 Å². The molecule has 0 aromatic heterocycles. The normalized spacial score (nSPS) is 27.6. The van der Waals surface area contributed by atoms with Gasteiger partial charge in [0.2, 0.25) is 0 Å². The molecule has 3 nitrogen and oxygen atoms in total. The van der Waals surface area contributed by atoms with Gasteiger partial charge in [0, 0.05) is 6.54 Å². The fourth-order valence-electron chi connectivity index (χ4n) is 1.93. The van der Waals surface area contributed by atoms with Crippen molar-refractivity contribution in [1.82, 2.24) is 4.90 Å². The van der Waals surface area contributed by atoms with E-state index in [2.05, 4.69) is 6.08 Å². The van der Waals surface area contributed by atoms with Crippen molar-refractivity contribution in [3.8, 4) is 0 Å². The molecule has 0 radical (unpaired) electrons. The summed E-state index contributed by atoms with van der Waals surface area (Å²) in [5.74, 6) is -0.407. The summed E-state index contributed by atoms with van der Waals surface area (Å²) in [4.78, 5) is 13.0. The predicted molar refractivity (Wildman–Crippen MR) is 56.2 cm³/mol. The number of hydrogen-bond donors (Lipinski definition) is 1. The first-order valence-electron chi connectivity index (χ1n) is 5.12. The number of hydrogen-bond acceptors (Lipinski definition) is 2. The lowest BCUT2D eigenvalue weighted by Crippen LogP contribution is -2.39. The Labute approximate surface area is 85.4 Å². The maximum atomic E-state index is 11.0. The van der Waals surface area contributed by atoms with Gasteiger partial charge in [0.25, 0.3) is 0 Å². The average Bonchev–Trinajstić information content (AvgIpc) is 2.43. The Morgan fingerprint density at radius 3 is 2.71 bits per heavy atom. The molecule has 0 aromatic carbocycles. The van der Waals surface area contributed by atoms with Gasteiger partial charge in [-0.3, -0.25) is 9.69 Å². The lowest BCUT2D eigenvalue weighted by atomic mass is 10.0. The van der Waals surface area contributed by atoms with E-state index in [-0.39, 0.29) is 12.0 Å². The third-order valence-electron chi connectivity index (χ3n) is 2.79. The van der Waals surface area contributed by atoms with Crippen LogP contribution in [0.5, 0.6) is 0 Å². The van der Waals surface area contributed by atoms with Crippen molar-refractivity contribution in [1.29, 1.82) is 0 Å². The highest BCUT2D eigenvalue weighted by Crippen LogP contribution is 2.23. The molecule has 0 bridgehead atoms. The molecule has 1 rings (SSSR count). The number of rotatable bonds is 3. The second-order valence-electron chi connectivity index (χ2n) is 4.33. The van der Waals surface area contributed by atoms with Crippen LogP contribution < -0.4 is 0 Å². The Kier molecular flexibility index (Phi) is 3.69. The van der Waals surface area contributed by atoms with Crippen molar-refractivity contribution >= 4 is 5.97 Å². The standard InChI is InChI=1S/C11H19NO2/c1-8(2)4-6-12-7-5-9(3)10(12)11(13)14/h4,9-10H,5-7H2,1-3H3,(H,13,14). The quantitative estimate of drug-likeness (QED) is 0.701. The molecule has 14 heavy (non-hydrogen) atoms. The maximum absolute atomic E-state index is 11.0. The third-order valence-corrected chi connectivity index (χ3v) is 2.79. The van der Waals surface area contributed by atoms with Gasteiger partial charge in [0.15, 0.2) is 0 Å². The Morgan fingerprint density at radius 2 is 2.21 bits per heavy atom. The SMILES string of the molecule is CC(C)=CCN1CCC(C)C1C(=O)O. The number of nitrogens with zero attached hydrogens (tertiary/aromatic N) is 1. The summed E-state index contributed by atoms with van der Waals surface area (Å²) >= 11 is 0. The molecule has 1 fully saturated rings. The topological polar surface area (TPSA) is 40.5 Å². The highest BCUT2D eigenvalue weighted by molar-refractivity contribution is 5.74. The van der Waals surface area contributed by atoms with E-state index in [1.165, 1.54) is 5.57 Å². The highest BCUT2D eigenvalue weighted by atomic mass is 16.4. The van der Waals surface area contributed by atoms with Gasteiger partial charge in [-0.2, -0.15) is 0 Å². The summed E-state index contributed by atoms with van der Waals surface area (Å²) in [5, 5.41) is 9.06. The van der Waals surface area contributed by atoms with Gasteiger partial charge in [-0.05, 0) is 32.7 Å². The Bertz CT molecular complexity index is 244. The molecule has 0 spiro atoms. The van der Waals surface area contributed by atoms with Crippen LogP contribution in [0.25, 0.3) is 0 Å². The van der Waals surface area contributed by atoms with E-state index in [9.17, 15) is 4.79 Å². The molecule has 1 aliphatic heterocycles. The third kappa shape index (κ3) is 2.58. The first-order valence-corrected chi connectivity index (χ1v) is 5.12. The molecule has 0 aromatic rings. The minimum atomic E-state index is -0.683. The van der Waals surface area contributed by atoms with Crippen molar-refractivity contribution in [3.63, 3.8) is 0 Å². The van der Waals surface area contributed by atoms with Crippen LogP contribution in [0.3, 0.4) is 0 Å². The van der Waals surface area contributed by atoms with Gasteiger partial charge >= 0.3 is 5.97 Å². The smallest absolute Gasteiger partial charge is 0.321 e. The zero-order chi connectivity index (χ0) is 10.7. The monoisotopic (exact) mass is 197 g/mol. The summed E-state index contributed by atoms with van der Waals surface area (Å²) in [5.41, 5.74) is 1.24. The van der Waals surface area contributed by atoms with Crippen LogP contribution in [-0.2, 0) is 4.79 Å².